The van der Waals surface area contributed by atoms with E-state index in [1.165, 1.54) is 30.4 Å². The lowest BCUT2D eigenvalue weighted by Gasteiger charge is -2.39. The number of hydrogen-bond acceptors (Lipinski definition) is 2. The third-order valence-electron chi connectivity index (χ3n) is 5.79. The van der Waals surface area contributed by atoms with Crippen molar-refractivity contribution in [3.05, 3.63) is 35.4 Å². The second-order valence-corrected chi connectivity index (χ2v) is 7.36. The topological polar surface area (TPSA) is 35.2 Å². The van der Waals surface area contributed by atoms with E-state index in [1.807, 2.05) is 0 Å². The van der Waals surface area contributed by atoms with Gasteiger partial charge in [-0.2, -0.15) is 0 Å². The van der Waals surface area contributed by atoms with Crippen LogP contribution in [-0.4, -0.2) is 12.2 Å². The normalized spacial score (nSPS) is 39.8. The van der Waals surface area contributed by atoms with Crippen LogP contribution < -0.4 is 5.73 Å². The van der Waals surface area contributed by atoms with Crippen LogP contribution in [0.15, 0.2) is 24.3 Å². The monoisotopic (exact) mass is 287 g/mol. The molecule has 1 aromatic rings. The molecule has 2 heteroatoms. The molecule has 2 aliphatic rings. The van der Waals surface area contributed by atoms with Crippen molar-refractivity contribution in [1.29, 1.82) is 0 Å². The average molecular weight is 287 g/mol. The summed E-state index contributed by atoms with van der Waals surface area (Å²) in [5.74, 6) is 2.16. The lowest BCUT2D eigenvalue weighted by atomic mass is 9.78. The molecule has 0 radical (unpaired) electrons. The summed E-state index contributed by atoms with van der Waals surface area (Å²) in [5.41, 5.74) is 9.21. The van der Waals surface area contributed by atoms with Gasteiger partial charge in [0.05, 0.1) is 18.2 Å². The molecule has 3 rings (SSSR count). The number of nitrogens with two attached hydrogens (primary N) is 1. The molecule has 1 aromatic carbocycles. The Morgan fingerprint density at radius 3 is 2.38 bits per heavy atom. The maximum atomic E-state index is 6.51. The molecule has 0 spiro atoms. The molecule has 2 aliphatic carbocycles. The lowest BCUT2D eigenvalue weighted by Crippen LogP contribution is -2.39. The number of ether oxygens (including phenoxy) is 1. The maximum absolute atomic E-state index is 6.51. The van der Waals surface area contributed by atoms with Gasteiger partial charge in [0.2, 0.25) is 0 Å². The van der Waals surface area contributed by atoms with Crippen LogP contribution in [0.5, 0.6) is 0 Å². The maximum Gasteiger partial charge on any atom is 0.0777 e. The quantitative estimate of drug-likeness (QED) is 0.874. The Kier molecular flexibility index (Phi) is 4.37. The molecule has 6 atom stereocenters. The summed E-state index contributed by atoms with van der Waals surface area (Å²) in [6.07, 6.45) is 5.33. The van der Waals surface area contributed by atoms with E-state index in [0.717, 1.165) is 18.3 Å². The molecular weight excluding hydrogens is 258 g/mol. The van der Waals surface area contributed by atoms with Gasteiger partial charge in [0.15, 0.2) is 0 Å². The van der Waals surface area contributed by atoms with Crippen molar-refractivity contribution in [2.75, 3.05) is 0 Å². The molecule has 0 aliphatic heterocycles. The second-order valence-electron chi connectivity index (χ2n) is 7.36. The zero-order valence-electron chi connectivity index (χ0n) is 13.6. The van der Waals surface area contributed by atoms with Gasteiger partial charge in [0.25, 0.3) is 0 Å². The SMILES string of the molecule is CC1CC(OC2CCC(C)C(C)C2)C(N)c2ccccc21. The highest BCUT2D eigenvalue weighted by molar-refractivity contribution is 5.36. The fourth-order valence-corrected chi connectivity index (χ4v) is 4.09. The van der Waals surface area contributed by atoms with Gasteiger partial charge in [-0.25, -0.2) is 0 Å². The highest BCUT2D eigenvalue weighted by Gasteiger charge is 2.34. The number of fused-ring (bicyclic) bond motifs is 1. The molecule has 1 saturated carbocycles. The minimum atomic E-state index is 0.0343. The van der Waals surface area contributed by atoms with E-state index in [4.69, 9.17) is 10.5 Å². The molecular formula is C19H29NO. The Hall–Kier alpha value is -0.860. The van der Waals surface area contributed by atoms with E-state index < -0.39 is 0 Å². The number of rotatable bonds is 2. The summed E-state index contributed by atoms with van der Waals surface area (Å²) < 4.78 is 6.47. The number of benzene rings is 1. The largest absolute Gasteiger partial charge is 0.373 e. The van der Waals surface area contributed by atoms with Gasteiger partial charge in [0, 0.05) is 0 Å². The fourth-order valence-electron chi connectivity index (χ4n) is 4.09. The van der Waals surface area contributed by atoms with Crippen molar-refractivity contribution >= 4 is 0 Å². The minimum Gasteiger partial charge on any atom is -0.373 e. The van der Waals surface area contributed by atoms with Crippen molar-refractivity contribution in [2.24, 2.45) is 17.6 Å². The van der Waals surface area contributed by atoms with Gasteiger partial charge in [-0.1, -0.05) is 45.0 Å². The van der Waals surface area contributed by atoms with Crippen LogP contribution in [0.4, 0.5) is 0 Å². The molecule has 116 valence electrons. The smallest absolute Gasteiger partial charge is 0.0777 e. The first-order valence-electron chi connectivity index (χ1n) is 8.56. The van der Waals surface area contributed by atoms with Gasteiger partial charge in [-0.05, 0) is 54.6 Å². The van der Waals surface area contributed by atoms with Gasteiger partial charge in [0.1, 0.15) is 0 Å². The zero-order chi connectivity index (χ0) is 15.0. The van der Waals surface area contributed by atoms with Crippen LogP contribution in [-0.2, 0) is 4.74 Å². The van der Waals surface area contributed by atoms with Crippen molar-refractivity contribution in [3.63, 3.8) is 0 Å². The summed E-state index contributed by atoms with van der Waals surface area (Å²) in [6, 6.07) is 8.65. The fraction of sp³-hybridized carbons (Fsp3) is 0.684. The lowest BCUT2D eigenvalue weighted by molar-refractivity contribution is -0.0656. The summed E-state index contributed by atoms with van der Waals surface area (Å²) in [4.78, 5) is 0. The van der Waals surface area contributed by atoms with Crippen LogP contribution in [0, 0.1) is 11.8 Å². The second kappa shape index (κ2) is 6.10. The highest BCUT2D eigenvalue weighted by atomic mass is 16.5. The van der Waals surface area contributed by atoms with E-state index in [0.29, 0.717) is 12.0 Å². The number of hydrogen-bond donors (Lipinski definition) is 1. The van der Waals surface area contributed by atoms with E-state index in [-0.39, 0.29) is 12.1 Å². The third-order valence-corrected chi connectivity index (χ3v) is 5.79. The first kappa shape index (κ1) is 15.1. The molecule has 6 unspecified atom stereocenters. The molecule has 0 amide bonds. The molecule has 2 nitrogen and oxygen atoms in total. The molecule has 21 heavy (non-hydrogen) atoms. The molecule has 2 N–H and O–H groups in total. The predicted molar refractivity (Wildman–Crippen MR) is 87.2 cm³/mol. The summed E-state index contributed by atoms with van der Waals surface area (Å²) >= 11 is 0. The van der Waals surface area contributed by atoms with Gasteiger partial charge >= 0.3 is 0 Å². The van der Waals surface area contributed by atoms with Crippen LogP contribution in [0.1, 0.15) is 69.5 Å². The van der Waals surface area contributed by atoms with Gasteiger partial charge in [-0.3, -0.25) is 0 Å². The Labute approximate surface area is 129 Å². The van der Waals surface area contributed by atoms with Crippen LogP contribution in [0.3, 0.4) is 0 Å². The zero-order valence-corrected chi connectivity index (χ0v) is 13.6. The summed E-state index contributed by atoms with van der Waals surface area (Å²) in [7, 11) is 0. The van der Waals surface area contributed by atoms with Crippen molar-refractivity contribution < 1.29 is 4.74 Å². The molecule has 0 heterocycles. The van der Waals surface area contributed by atoms with E-state index >= 15 is 0 Å². The Morgan fingerprint density at radius 1 is 0.952 bits per heavy atom. The Balaban J connectivity index is 1.70. The van der Waals surface area contributed by atoms with Crippen molar-refractivity contribution in [1.82, 2.24) is 0 Å². The molecule has 1 fully saturated rings. The van der Waals surface area contributed by atoms with Crippen molar-refractivity contribution in [3.8, 4) is 0 Å². The van der Waals surface area contributed by atoms with E-state index in [9.17, 15) is 0 Å². The first-order valence-corrected chi connectivity index (χ1v) is 8.56. The summed E-state index contributed by atoms with van der Waals surface area (Å²) in [5, 5.41) is 0. The van der Waals surface area contributed by atoms with E-state index in [1.54, 1.807) is 0 Å². The van der Waals surface area contributed by atoms with Crippen LogP contribution in [0.25, 0.3) is 0 Å². The van der Waals surface area contributed by atoms with E-state index in [2.05, 4.69) is 45.0 Å². The van der Waals surface area contributed by atoms with Crippen LogP contribution >= 0.6 is 0 Å². The Morgan fingerprint density at radius 2 is 1.67 bits per heavy atom. The summed E-state index contributed by atoms with van der Waals surface area (Å²) in [6.45, 7) is 7.02. The predicted octanol–water partition coefficient (Wildman–Crippen LogP) is 4.40. The molecule has 0 saturated heterocycles. The first-order chi connectivity index (χ1) is 10.1. The third kappa shape index (κ3) is 3.02. The average Bonchev–Trinajstić information content (AvgIpc) is 2.48. The van der Waals surface area contributed by atoms with Gasteiger partial charge < -0.3 is 10.5 Å². The standard InChI is InChI=1S/C19H29NO/c1-12-8-9-15(10-13(12)2)21-18-11-14(3)16-6-4-5-7-17(16)19(18)20/h4-7,12-15,18-19H,8-11,20H2,1-3H3. The minimum absolute atomic E-state index is 0.0343. The molecule has 0 bridgehead atoms. The van der Waals surface area contributed by atoms with Gasteiger partial charge in [-0.15, -0.1) is 0 Å². The van der Waals surface area contributed by atoms with Crippen molar-refractivity contribution in [2.45, 2.75) is 70.6 Å². The highest BCUT2D eigenvalue weighted by Crippen LogP contribution is 2.40. The van der Waals surface area contributed by atoms with Crippen LogP contribution in [0.2, 0.25) is 0 Å². The Bertz CT molecular complexity index is 486. The molecule has 0 aromatic heterocycles.